The van der Waals surface area contributed by atoms with E-state index in [4.69, 9.17) is 10.5 Å². The predicted molar refractivity (Wildman–Crippen MR) is 105 cm³/mol. The van der Waals surface area contributed by atoms with Crippen LogP contribution in [0.25, 0.3) is 10.8 Å². The van der Waals surface area contributed by atoms with Crippen LogP contribution in [0.2, 0.25) is 0 Å². The van der Waals surface area contributed by atoms with Gasteiger partial charge >= 0.3 is 0 Å². The minimum Gasteiger partial charge on any atom is -0.508 e. The lowest BCUT2D eigenvalue weighted by atomic mass is 9.92. The first-order chi connectivity index (χ1) is 13.1. The molecule has 1 aliphatic heterocycles. The summed E-state index contributed by atoms with van der Waals surface area (Å²) in [5.41, 5.74) is 8.82. The molecule has 0 fully saturated rings. The van der Waals surface area contributed by atoms with E-state index in [1.807, 2.05) is 47.4 Å². The normalized spacial score (nSPS) is 16.9. The van der Waals surface area contributed by atoms with Crippen LogP contribution in [0.1, 0.15) is 16.7 Å². The highest BCUT2D eigenvalue weighted by Gasteiger charge is 2.30. The maximum absolute atomic E-state index is 12.1. The SMILES string of the molecule is COc1ccc2ccc(O)c(CN3Cc4ccccc4C[C@H]3C(N)=O)c2c1. The average Bonchev–Trinajstić information content (AvgIpc) is 2.69. The van der Waals surface area contributed by atoms with Gasteiger partial charge in [0.2, 0.25) is 5.91 Å². The number of ether oxygens (including phenoxy) is 1. The number of hydrogen-bond donors (Lipinski definition) is 2. The maximum Gasteiger partial charge on any atom is 0.235 e. The monoisotopic (exact) mass is 362 g/mol. The van der Waals surface area contributed by atoms with Crippen molar-refractivity contribution in [3.63, 3.8) is 0 Å². The number of phenols is 1. The lowest BCUT2D eigenvalue weighted by Crippen LogP contribution is -2.48. The summed E-state index contributed by atoms with van der Waals surface area (Å²) < 4.78 is 5.34. The second-order valence-electron chi connectivity index (χ2n) is 6.95. The van der Waals surface area contributed by atoms with Crippen LogP contribution in [0.5, 0.6) is 11.5 Å². The van der Waals surface area contributed by atoms with Gasteiger partial charge in [-0.05, 0) is 46.5 Å². The van der Waals surface area contributed by atoms with Gasteiger partial charge in [-0.15, -0.1) is 0 Å². The number of carbonyl (C=O) groups is 1. The highest BCUT2D eigenvalue weighted by atomic mass is 16.5. The Bertz CT molecular complexity index is 1020. The summed E-state index contributed by atoms with van der Waals surface area (Å²) in [7, 11) is 1.62. The van der Waals surface area contributed by atoms with Crippen molar-refractivity contribution in [2.75, 3.05) is 7.11 Å². The molecular weight excluding hydrogens is 340 g/mol. The number of nitrogens with zero attached hydrogens (tertiary/aromatic N) is 1. The number of methoxy groups -OCH3 is 1. The number of fused-ring (bicyclic) bond motifs is 2. The van der Waals surface area contributed by atoms with E-state index in [-0.39, 0.29) is 11.7 Å². The van der Waals surface area contributed by atoms with E-state index >= 15 is 0 Å². The summed E-state index contributed by atoms with van der Waals surface area (Å²) in [6.45, 7) is 1.04. The molecule has 3 N–H and O–H groups in total. The van der Waals surface area contributed by atoms with E-state index in [9.17, 15) is 9.90 Å². The summed E-state index contributed by atoms with van der Waals surface area (Å²) in [4.78, 5) is 14.2. The zero-order valence-electron chi connectivity index (χ0n) is 15.2. The number of primary amides is 1. The molecule has 5 nitrogen and oxygen atoms in total. The van der Waals surface area contributed by atoms with Crippen molar-refractivity contribution in [2.45, 2.75) is 25.6 Å². The Labute approximate surface area is 158 Å². The second-order valence-corrected chi connectivity index (χ2v) is 6.95. The van der Waals surface area contributed by atoms with E-state index in [1.165, 1.54) is 5.56 Å². The number of rotatable bonds is 4. The number of phenolic OH excluding ortho intramolecular Hbond substituents is 1. The standard InChI is InChI=1S/C22H22N2O3/c1-27-17-8-6-14-7-9-21(25)19(18(14)11-17)13-24-12-16-5-3-2-4-15(16)10-20(24)22(23)26/h2-9,11,20,25H,10,12-13H2,1H3,(H2,23,26)/t20-/m0/s1. The molecule has 0 radical (unpaired) electrons. The molecule has 0 saturated carbocycles. The van der Waals surface area contributed by atoms with Crippen LogP contribution < -0.4 is 10.5 Å². The quantitative estimate of drug-likeness (QED) is 0.748. The Kier molecular flexibility index (Phi) is 4.46. The summed E-state index contributed by atoms with van der Waals surface area (Å²) in [5.74, 6) is 0.587. The van der Waals surface area contributed by atoms with Crippen LogP contribution in [-0.4, -0.2) is 29.1 Å². The van der Waals surface area contributed by atoms with E-state index in [0.29, 0.717) is 19.5 Å². The molecule has 0 saturated heterocycles. The van der Waals surface area contributed by atoms with E-state index < -0.39 is 6.04 Å². The van der Waals surface area contributed by atoms with Crippen LogP contribution in [0.15, 0.2) is 54.6 Å². The molecule has 27 heavy (non-hydrogen) atoms. The van der Waals surface area contributed by atoms with Crippen molar-refractivity contribution in [3.8, 4) is 11.5 Å². The van der Waals surface area contributed by atoms with Crippen molar-refractivity contribution >= 4 is 16.7 Å². The third-order valence-electron chi connectivity index (χ3n) is 5.35. The fraction of sp³-hybridized carbons (Fsp3) is 0.227. The lowest BCUT2D eigenvalue weighted by molar-refractivity contribution is -0.124. The highest BCUT2D eigenvalue weighted by molar-refractivity contribution is 5.89. The van der Waals surface area contributed by atoms with Crippen LogP contribution in [0.3, 0.4) is 0 Å². The summed E-state index contributed by atoms with van der Waals surface area (Å²) >= 11 is 0. The van der Waals surface area contributed by atoms with Gasteiger partial charge in [0.1, 0.15) is 11.5 Å². The Morgan fingerprint density at radius 3 is 2.67 bits per heavy atom. The van der Waals surface area contributed by atoms with Gasteiger partial charge in [0.25, 0.3) is 0 Å². The zero-order chi connectivity index (χ0) is 19.0. The van der Waals surface area contributed by atoms with Crippen molar-refractivity contribution in [1.82, 2.24) is 4.90 Å². The molecule has 138 valence electrons. The zero-order valence-corrected chi connectivity index (χ0v) is 15.2. The van der Waals surface area contributed by atoms with Gasteiger partial charge in [0, 0.05) is 18.7 Å². The van der Waals surface area contributed by atoms with E-state index in [1.54, 1.807) is 13.2 Å². The van der Waals surface area contributed by atoms with E-state index in [0.717, 1.165) is 27.6 Å². The number of amides is 1. The first-order valence-corrected chi connectivity index (χ1v) is 8.95. The van der Waals surface area contributed by atoms with Crippen molar-refractivity contribution in [2.24, 2.45) is 5.73 Å². The molecule has 1 aliphatic rings. The number of aromatic hydroxyl groups is 1. The second kappa shape index (κ2) is 6.93. The Hall–Kier alpha value is -3.05. The van der Waals surface area contributed by atoms with Crippen molar-refractivity contribution in [1.29, 1.82) is 0 Å². The van der Waals surface area contributed by atoms with Crippen molar-refractivity contribution in [3.05, 3.63) is 71.3 Å². The Balaban J connectivity index is 1.76. The minimum atomic E-state index is -0.403. The smallest absolute Gasteiger partial charge is 0.235 e. The third kappa shape index (κ3) is 3.22. The summed E-state index contributed by atoms with van der Waals surface area (Å²) in [5, 5.41) is 12.5. The van der Waals surface area contributed by atoms with Gasteiger partial charge in [-0.3, -0.25) is 9.69 Å². The maximum atomic E-state index is 12.1. The van der Waals surface area contributed by atoms with E-state index in [2.05, 4.69) is 6.07 Å². The van der Waals surface area contributed by atoms with Gasteiger partial charge in [-0.2, -0.15) is 0 Å². The molecule has 0 aliphatic carbocycles. The predicted octanol–water partition coefficient (Wildman–Crippen LogP) is 2.97. The first-order valence-electron chi connectivity index (χ1n) is 8.95. The molecule has 3 aromatic rings. The van der Waals surface area contributed by atoms with Crippen LogP contribution >= 0.6 is 0 Å². The fourth-order valence-electron chi connectivity index (χ4n) is 3.87. The molecule has 5 heteroatoms. The Morgan fingerprint density at radius 2 is 1.93 bits per heavy atom. The minimum absolute atomic E-state index is 0.206. The summed E-state index contributed by atoms with van der Waals surface area (Å²) in [6.07, 6.45) is 0.584. The molecule has 0 unspecified atom stereocenters. The van der Waals surface area contributed by atoms with Crippen LogP contribution in [0, 0.1) is 0 Å². The number of carbonyl (C=O) groups excluding carboxylic acids is 1. The van der Waals surface area contributed by atoms with Gasteiger partial charge in [-0.1, -0.05) is 36.4 Å². The molecular formula is C22H22N2O3. The number of hydrogen-bond acceptors (Lipinski definition) is 4. The molecule has 0 spiro atoms. The molecule has 1 heterocycles. The molecule has 1 amide bonds. The van der Waals surface area contributed by atoms with Gasteiger partial charge in [0.15, 0.2) is 0 Å². The molecule has 1 atom stereocenters. The van der Waals surface area contributed by atoms with Crippen molar-refractivity contribution < 1.29 is 14.6 Å². The lowest BCUT2D eigenvalue weighted by Gasteiger charge is -2.35. The largest absolute Gasteiger partial charge is 0.508 e. The molecule has 0 bridgehead atoms. The molecule has 3 aromatic carbocycles. The topological polar surface area (TPSA) is 75.8 Å². The first kappa shape index (κ1) is 17.4. The third-order valence-corrected chi connectivity index (χ3v) is 5.35. The van der Waals surface area contributed by atoms with Gasteiger partial charge < -0.3 is 15.6 Å². The number of nitrogens with two attached hydrogens (primary N) is 1. The highest BCUT2D eigenvalue weighted by Crippen LogP contribution is 2.33. The number of benzene rings is 3. The molecule has 0 aromatic heterocycles. The van der Waals surface area contributed by atoms with Gasteiger partial charge in [-0.25, -0.2) is 0 Å². The fourth-order valence-corrected chi connectivity index (χ4v) is 3.87. The van der Waals surface area contributed by atoms with Gasteiger partial charge in [0.05, 0.1) is 13.2 Å². The van der Waals surface area contributed by atoms with Crippen LogP contribution in [0.4, 0.5) is 0 Å². The summed E-state index contributed by atoms with van der Waals surface area (Å²) in [6, 6.07) is 17.1. The molecule has 4 rings (SSSR count). The van der Waals surface area contributed by atoms with Crippen LogP contribution in [-0.2, 0) is 24.3 Å². The Morgan fingerprint density at radius 1 is 1.19 bits per heavy atom. The average molecular weight is 362 g/mol.